The van der Waals surface area contributed by atoms with Crippen LogP contribution in [0.4, 0.5) is 4.79 Å². The maximum Gasteiger partial charge on any atom is 0.407 e. The lowest BCUT2D eigenvalue weighted by Gasteiger charge is -2.21. The zero-order valence-corrected chi connectivity index (χ0v) is 12.1. The van der Waals surface area contributed by atoms with Crippen LogP contribution >= 0.6 is 0 Å². The molecule has 0 heterocycles. The first-order valence-corrected chi connectivity index (χ1v) is 7.79. The van der Waals surface area contributed by atoms with E-state index in [0.717, 1.165) is 19.4 Å². The van der Waals surface area contributed by atoms with Crippen molar-refractivity contribution in [3.8, 4) is 0 Å². The lowest BCUT2D eigenvalue weighted by Crippen LogP contribution is -2.31. The summed E-state index contributed by atoms with van der Waals surface area (Å²) in [4.78, 5) is 11.6. The fourth-order valence-corrected chi connectivity index (χ4v) is 2.76. The fraction of sp³-hybridized carbons (Fsp3) is 0.588. The molecule has 1 saturated carbocycles. The molecule has 0 bridgehead atoms. The van der Waals surface area contributed by atoms with Crippen LogP contribution < -0.4 is 5.32 Å². The van der Waals surface area contributed by atoms with Gasteiger partial charge < -0.3 is 10.1 Å². The van der Waals surface area contributed by atoms with Crippen molar-refractivity contribution in [3.63, 3.8) is 0 Å². The minimum absolute atomic E-state index is 0.261. The topological polar surface area (TPSA) is 38.3 Å². The number of hydrogen-bond donors (Lipinski definition) is 1. The molecule has 1 fully saturated rings. The first kappa shape index (κ1) is 14.9. The maximum absolute atomic E-state index is 11.6. The van der Waals surface area contributed by atoms with E-state index in [1.54, 1.807) is 0 Å². The van der Waals surface area contributed by atoms with Crippen molar-refractivity contribution in [2.45, 2.75) is 44.9 Å². The Hall–Kier alpha value is -1.51. The number of aryl methyl sites for hydroxylation is 1. The SMILES string of the molecule is O=C(NCC1CCCCC1)OCCCc1ccccc1. The standard InChI is InChI=1S/C17H25NO2/c19-17(18-14-16-10-5-2-6-11-16)20-13-7-12-15-8-3-1-4-9-15/h1,3-4,8-9,16H,2,5-7,10-14H2,(H,18,19). The second-order valence-electron chi connectivity index (χ2n) is 5.61. The number of amides is 1. The van der Waals surface area contributed by atoms with Gasteiger partial charge in [-0.2, -0.15) is 0 Å². The normalized spacial score (nSPS) is 15.8. The van der Waals surface area contributed by atoms with Gasteiger partial charge in [0.05, 0.1) is 6.61 Å². The van der Waals surface area contributed by atoms with Crippen molar-refractivity contribution in [2.75, 3.05) is 13.2 Å². The average molecular weight is 275 g/mol. The number of benzene rings is 1. The summed E-state index contributed by atoms with van der Waals surface area (Å²) in [6.07, 6.45) is 8.01. The minimum Gasteiger partial charge on any atom is -0.450 e. The molecule has 1 aliphatic carbocycles. The molecule has 0 aromatic heterocycles. The van der Waals surface area contributed by atoms with Crippen LogP contribution in [0.5, 0.6) is 0 Å². The van der Waals surface area contributed by atoms with E-state index in [0.29, 0.717) is 12.5 Å². The Balaban J connectivity index is 1.51. The summed E-state index contributed by atoms with van der Waals surface area (Å²) in [5, 5.41) is 2.89. The Morgan fingerprint density at radius 3 is 2.65 bits per heavy atom. The Kier molecular flexibility index (Phi) is 6.42. The summed E-state index contributed by atoms with van der Waals surface area (Å²) in [6, 6.07) is 10.3. The molecule has 0 saturated heterocycles. The van der Waals surface area contributed by atoms with Crippen LogP contribution in [0.3, 0.4) is 0 Å². The molecule has 1 N–H and O–H groups in total. The monoisotopic (exact) mass is 275 g/mol. The van der Waals surface area contributed by atoms with Gasteiger partial charge in [-0.15, -0.1) is 0 Å². The number of hydrogen-bond acceptors (Lipinski definition) is 2. The van der Waals surface area contributed by atoms with Crippen molar-refractivity contribution in [1.29, 1.82) is 0 Å². The molecule has 1 aromatic carbocycles. The van der Waals surface area contributed by atoms with Gasteiger partial charge in [-0.25, -0.2) is 4.79 Å². The van der Waals surface area contributed by atoms with Crippen LogP contribution in [-0.2, 0) is 11.2 Å². The van der Waals surface area contributed by atoms with Crippen LogP contribution in [0.1, 0.15) is 44.1 Å². The lowest BCUT2D eigenvalue weighted by atomic mass is 9.89. The third-order valence-corrected chi connectivity index (χ3v) is 3.95. The first-order valence-electron chi connectivity index (χ1n) is 7.79. The van der Waals surface area contributed by atoms with E-state index in [1.807, 2.05) is 18.2 Å². The van der Waals surface area contributed by atoms with Gasteiger partial charge in [-0.05, 0) is 37.2 Å². The molecule has 1 amide bonds. The molecule has 1 aliphatic rings. The van der Waals surface area contributed by atoms with Crippen LogP contribution in [0.2, 0.25) is 0 Å². The summed E-state index contributed by atoms with van der Waals surface area (Å²) in [5.41, 5.74) is 1.29. The highest BCUT2D eigenvalue weighted by atomic mass is 16.5. The largest absolute Gasteiger partial charge is 0.450 e. The Morgan fingerprint density at radius 2 is 1.90 bits per heavy atom. The second-order valence-corrected chi connectivity index (χ2v) is 5.61. The van der Waals surface area contributed by atoms with Crippen LogP contribution in [0, 0.1) is 5.92 Å². The highest BCUT2D eigenvalue weighted by Crippen LogP contribution is 2.22. The van der Waals surface area contributed by atoms with E-state index in [2.05, 4.69) is 17.4 Å². The third kappa shape index (κ3) is 5.64. The number of alkyl carbamates (subject to hydrolysis) is 1. The summed E-state index contributed by atoms with van der Waals surface area (Å²) in [6.45, 7) is 1.27. The number of carbonyl (C=O) groups is 1. The molecule has 3 nitrogen and oxygen atoms in total. The summed E-state index contributed by atoms with van der Waals surface area (Å²) < 4.78 is 5.20. The number of rotatable bonds is 6. The Morgan fingerprint density at radius 1 is 1.15 bits per heavy atom. The lowest BCUT2D eigenvalue weighted by molar-refractivity contribution is 0.142. The van der Waals surface area contributed by atoms with Gasteiger partial charge in [0, 0.05) is 6.54 Å². The van der Waals surface area contributed by atoms with Gasteiger partial charge in [0.1, 0.15) is 0 Å². The first-order chi connectivity index (χ1) is 9.84. The molecular formula is C17H25NO2. The molecule has 2 rings (SSSR count). The van der Waals surface area contributed by atoms with Gasteiger partial charge in [0.25, 0.3) is 0 Å². The Bertz CT molecular complexity index is 385. The molecule has 0 radical (unpaired) electrons. The smallest absolute Gasteiger partial charge is 0.407 e. The molecule has 0 unspecified atom stereocenters. The molecule has 110 valence electrons. The van der Waals surface area contributed by atoms with Gasteiger partial charge in [-0.3, -0.25) is 0 Å². The number of carbonyl (C=O) groups excluding carboxylic acids is 1. The average Bonchev–Trinajstić information content (AvgIpc) is 2.52. The van der Waals surface area contributed by atoms with E-state index < -0.39 is 0 Å². The molecule has 1 aromatic rings. The molecule has 0 aliphatic heterocycles. The summed E-state index contributed by atoms with van der Waals surface area (Å²) in [5.74, 6) is 0.653. The zero-order valence-electron chi connectivity index (χ0n) is 12.1. The second kappa shape index (κ2) is 8.62. The number of ether oxygens (including phenoxy) is 1. The minimum atomic E-state index is -0.261. The molecule has 0 spiro atoms. The molecule has 0 atom stereocenters. The molecule has 20 heavy (non-hydrogen) atoms. The fourth-order valence-electron chi connectivity index (χ4n) is 2.76. The van der Waals surface area contributed by atoms with E-state index in [1.165, 1.54) is 37.7 Å². The highest BCUT2D eigenvalue weighted by Gasteiger charge is 2.14. The van der Waals surface area contributed by atoms with Crippen LogP contribution in [0.15, 0.2) is 30.3 Å². The predicted molar refractivity (Wildman–Crippen MR) is 80.7 cm³/mol. The van der Waals surface area contributed by atoms with Crippen molar-refractivity contribution < 1.29 is 9.53 Å². The summed E-state index contributed by atoms with van der Waals surface area (Å²) in [7, 11) is 0. The van der Waals surface area contributed by atoms with Crippen molar-refractivity contribution >= 4 is 6.09 Å². The quantitative estimate of drug-likeness (QED) is 0.799. The van der Waals surface area contributed by atoms with E-state index in [9.17, 15) is 4.79 Å². The van der Waals surface area contributed by atoms with E-state index in [-0.39, 0.29) is 6.09 Å². The van der Waals surface area contributed by atoms with Gasteiger partial charge in [0.15, 0.2) is 0 Å². The Labute approximate surface area is 121 Å². The van der Waals surface area contributed by atoms with Gasteiger partial charge >= 0.3 is 6.09 Å². The third-order valence-electron chi connectivity index (χ3n) is 3.95. The summed E-state index contributed by atoms with van der Waals surface area (Å²) >= 11 is 0. The zero-order chi connectivity index (χ0) is 14.0. The van der Waals surface area contributed by atoms with Crippen LogP contribution in [0.25, 0.3) is 0 Å². The number of nitrogens with one attached hydrogen (secondary N) is 1. The van der Waals surface area contributed by atoms with Crippen molar-refractivity contribution in [3.05, 3.63) is 35.9 Å². The molecular weight excluding hydrogens is 250 g/mol. The maximum atomic E-state index is 11.6. The van der Waals surface area contributed by atoms with Crippen molar-refractivity contribution in [1.82, 2.24) is 5.32 Å². The van der Waals surface area contributed by atoms with Crippen molar-refractivity contribution in [2.24, 2.45) is 5.92 Å². The predicted octanol–water partition coefficient (Wildman–Crippen LogP) is 3.93. The van der Waals surface area contributed by atoms with Gasteiger partial charge in [0.2, 0.25) is 0 Å². The van der Waals surface area contributed by atoms with Gasteiger partial charge in [-0.1, -0.05) is 49.6 Å². The van der Waals surface area contributed by atoms with E-state index in [4.69, 9.17) is 4.74 Å². The van der Waals surface area contributed by atoms with Crippen LogP contribution in [-0.4, -0.2) is 19.2 Å². The highest BCUT2D eigenvalue weighted by molar-refractivity contribution is 5.67. The molecule has 3 heteroatoms. The van der Waals surface area contributed by atoms with E-state index >= 15 is 0 Å².